The zero-order chi connectivity index (χ0) is 30.9. The molecule has 47 heavy (non-hydrogen) atoms. The molecule has 0 fully saturated rings. The summed E-state index contributed by atoms with van der Waals surface area (Å²) in [7, 11) is 0. The maximum absolute atomic E-state index is 6.47. The minimum atomic E-state index is 0.825. The summed E-state index contributed by atoms with van der Waals surface area (Å²) in [6.07, 6.45) is 0. The minimum Gasteiger partial charge on any atom is -0.456 e. The van der Waals surface area contributed by atoms with Gasteiger partial charge in [0.1, 0.15) is 22.3 Å². The van der Waals surface area contributed by atoms with E-state index < -0.39 is 0 Å². The monoisotopic (exact) mass is 603 g/mol. The molecule has 3 nitrogen and oxygen atoms in total. The van der Waals surface area contributed by atoms with Gasteiger partial charge in [0.05, 0.1) is 0 Å². The highest BCUT2D eigenvalue weighted by Gasteiger charge is 2.22. The molecular formula is C44H29NO2. The minimum absolute atomic E-state index is 0.825. The standard InChI is InChI=1S/C44H29NO2/c1-2-9-33(10-3-1)45-26-31-19-17-28(29-21-22-43-40(24-29)36-12-5-6-15-41(36)46-43)23-38(31)39-25-30(18-20-32(39)27-45)34-13-8-14-37-35-11-4-7-16-42(35)47-44(34)37/h1-25H,26-27H2. The van der Waals surface area contributed by atoms with E-state index in [4.69, 9.17) is 8.83 Å². The smallest absolute Gasteiger partial charge is 0.143 e. The first-order chi connectivity index (χ1) is 23.3. The van der Waals surface area contributed by atoms with E-state index in [1.165, 1.54) is 39.1 Å². The van der Waals surface area contributed by atoms with Gasteiger partial charge in [-0.15, -0.1) is 0 Å². The highest BCUT2D eigenvalue weighted by Crippen LogP contribution is 2.42. The van der Waals surface area contributed by atoms with Gasteiger partial charge in [-0.25, -0.2) is 0 Å². The molecule has 10 rings (SSSR count). The van der Waals surface area contributed by atoms with Crippen LogP contribution in [0.3, 0.4) is 0 Å². The van der Waals surface area contributed by atoms with Crippen LogP contribution in [0.4, 0.5) is 5.69 Å². The Balaban J connectivity index is 1.16. The third-order valence-electron chi connectivity index (χ3n) is 9.78. The van der Waals surface area contributed by atoms with Gasteiger partial charge in [-0.2, -0.15) is 0 Å². The van der Waals surface area contributed by atoms with Crippen LogP contribution in [0.1, 0.15) is 11.1 Å². The molecule has 0 spiro atoms. The molecule has 0 saturated carbocycles. The molecule has 0 aliphatic carbocycles. The number of anilines is 1. The Morgan fingerprint density at radius 1 is 0.383 bits per heavy atom. The first-order valence-electron chi connectivity index (χ1n) is 16.2. The number of para-hydroxylation sites is 4. The van der Waals surface area contributed by atoms with Gasteiger partial charge in [0.25, 0.3) is 0 Å². The zero-order valence-corrected chi connectivity index (χ0v) is 25.6. The summed E-state index contributed by atoms with van der Waals surface area (Å²) in [5.41, 5.74) is 14.7. The molecule has 3 heteroatoms. The van der Waals surface area contributed by atoms with Crippen molar-refractivity contribution < 1.29 is 8.83 Å². The summed E-state index contributed by atoms with van der Waals surface area (Å²) in [4.78, 5) is 2.48. The molecule has 1 aliphatic rings. The van der Waals surface area contributed by atoms with Crippen LogP contribution in [0.5, 0.6) is 0 Å². The van der Waals surface area contributed by atoms with Crippen LogP contribution >= 0.6 is 0 Å². The Hall–Kier alpha value is -6.06. The number of nitrogens with zero attached hydrogens (tertiary/aromatic N) is 1. The van der Waals surface area contributed by atoms with Gasteiger partial charge < -0.3 is 13.7 Å². The Labute approximate surface area is 271 Å². The first-order valence-corrected chi connectivity index (χ1v) is 16.2. The fraction of sp³-hybridized carbons (Fsp3) is 0.0455. The van der Waals surface area contributed by atoms with Crippen molar-refractivity contribution in [2.24, 2.45) is 0 Å². The zero-order valence-electron chi connectivity index (χ0n) is 25.6. The largest absolute Gasteiger partial charge is 0.456 e. The van der Waals surface area contributed by atoms with Crippen molar-refractivity contribution in [1.29, 1.82) is 0 Å². The molecular weight excluding hydrogens is 574 g/mol. The van der Waals surface area contributed by atoms with E-state index in [2.05, 4.69) is 138 Å². The van der Waals surface area contributed by atoms with Crippen LogP contribution in [0.15, 0.2) is 160 Å². The molecule has 1 aliphatic heterocycles. The van der Waals surface area contributed by atoms with Crippen molar-refractivity contribution in [2.75, 3.05) is 4.90 Å². The van der Waals surface area contributed by atoms with Gasteiger partial charge in [-0.1, -0.05) is 103 Å². The van der Waals surface area contributed by atoms with Gasteiger partial charge in [-0.05, 0) is 87.5 Å². The number of benzene rings is 7. The lowest BCUT2D eigenvalue weighted by molar-refractivity contribution is 0.669. The SMILES string of the molecule is c1ccc(N2Cc3ccc(-c4ccc5oc6ccccc6c5c4)cc3-c3cc(-c4cccc5c4oc4ccccc45)ccc3C2)cc1. The van der Waals surface area contributed by atoms with E-state index >= 15 is 0 Å². The van der Waals surface area contributed by atoms with Crippen LogP contribution in [0, 0.1) is 0 Å². The van der Waals surface area contributed by atoms with Gasteiger partial charge in [0, 0.05) is 45.9 Å². The summed E-state index contributed by atoms with van der Waals surface area (Å²) in [5, 5.41) is 4.58. The fourth-order valence-electron chi connectivity index (χ4n) is 7.45. The van der Waals surface area contributed by atoms with E-state index in [0.29, 0.717) is 0 Å². The molecule has 0 atom stereocenters. The molecule has 0 radical (unpaired) electrons. The third-order valence-corrected chi connectivity index (χ3v) is 9.78. The number of fused-ring (bicyclic) bond motifs is 9. The Bertz CT molecular complexity index is 2640. The van der Waals surface area contributed by atoms with Crippen molar-refractivity contribution >= 4 is 49.6 Å². The molecule has 9 aromatic rings. The van der Waals surface area contributed by atoms with Gasteiger partial charge >= 0.3 is 0 Å². The summed E-state index contributed by atoms with van der Waals surface area (Å²) in [6, 6.07) is 54.3. The van der Waals surface area contributed by atoms with Crippen molar-refractivity contribution in [2.45, 2.75) is 13.1 Å². The second-order valence-corrected chi connectivity index (χ2v) is 12.5. The molecule has 222 valence electrons. The molecule has 2 aromatic heterocycles. The van der Waals surface area contributed by atoms with E-state index in [9.17, 15) is 0 Å². The molecule has 3 heterocycles. The predicted octanol–water partition coefficient (Wildman–Crippen LogP) is 12.0. The van der Waals surface area contributed by atoms with E-state index in [1.807, 2.05) is 18.2 Å². The molecule has 0 saturated heterocycles. The van der Waals surface area contributed by atoms with E-state index in [0.717, 1.165) is 68.1 Å². The summed E-state index contributed by atoms with van der Waals surface area (Å²) >= 11 is 0. The van der Waals surface area contributed by atoms with Crippen LogP contribution in [0.25, 0.3) is 77.3 Å². The molecule has 0 N–H and O–H groups in total. The normalized spacial score (nSPS) is 12.9. The Morgan fingerprint density at radius 3 is 1.74 bits per heavy atom. The van der Waals surface area contributed by atoms with Gasteiger partial charge in [0.2, 0.25) is 0 Å². The second-order valence-electron chi connectivity index (χ2n) is 12.5. The molecule has 0 unspecified atom stereocenters. The lowest BCUT2D eigenvalue weighted by atomic mass is 9.90. The first kappa shape index (κ1) is 26.2. The molecule has 7 aromatic carbocycles. The lowest BCUT2D eigenvalue weighted by Gasteiger charge is -2.24. The average molecular weight is 604 g/mol. The van der Waals surface area contributed by atoms with Gasteiger partial charge in [0.15, 0.2) is 0 Å². The number of hydrogen-bond donors (Lipinski definition) is 0. The highest BCUT2D eigenvalue weighted by molar-refractivity contribution is 6.10. The maximum Gasteiger partial charge on any atom is 0.143 e. The van der Waals surface area contributed by atoms with Crippen LogP contribution < -0.4 is 4.90 Å². The third kappa shape index (κ3) is 4.20. The van der Waals surface area contributed by atoms with Crippen LogP contribution in [-0.4, -0.2) is 0 Å². The summed E-state index contributed by atoms with van der Waals surface area (Å²) in [6.45, 7) is 1.65. The highest BCUT2D eigenvalue weighted by atomic mass is 16.3. The van der Waals surface area contributed by atoms with Crippen molar-refractivity contribution in [1.82, 2.24) is 0 Å². The van der Waals surface area contributed by atoms with Gasteiger partial charge in [-0.3, -0.25) is 0 Å². The second kappa shape index (κ2) is 10.2. The predicted molar refractivity (Wildman–Crippen MR) is 194 cm³/mol. The van der Waals surface area contributed by atoms with Crippen molar-refractivity contribution in [3.05, 3.63) is 163 Å². The van der Waals surface area contributed by atoms with Crippen molar-refractivity contribution in [3.63, 3.8) is 0 Å². The topological polar surface area (TPSA) is 29.5 Å². The van der Waals surface area contributed by atoms with E-state index in [1.54, 1.807) is 0 Å². The Morgan fingerprint density at radius 2 is 0.957 bits per heavy atom. The quantitative estimate of drug-likeness (QED) is 0.201. The summed E-state index contributed by atoms with van der Waals surface area (Å²) < 4.78 is 12.6. The molecule has 0 amide bonds. The lowest BCUT2D eigenvalue weighted by Crippen LogP contribution is -2.20. The average Bonchev–Trinajstić information content (AvgIpc) is 3.65. The summed E-state index contributed by atoms with van der Waals surface area (Å²) in [5.74, 6) is 0. The number of hydrogen-bond acceptors (Lipinski definition) is 3. The number of furan rings is 2. The number of rotatable bonds is 3. The van der Waals surface area contributed by atoms with Crippen LogP contribution in [0.2, 0.25) is 0 Å². The molecule has 0 bridgehead atoms. The van der Waals surface area contributed by atoms with Crippen molar-refractivity contribution in [3.8, 4) is 33.4 Å². The fourth-order valence-corrected chi connectivity index (χ4v) is 7.45. The van der Waals surface area contributed by atoms with E-state index in [-0.39, 0.29) is 0 Å². The Kier molecular flexibility index (Phi) is 5.70. The maximum atomic E-state index is 6.47. The van der Waals surface area contributed by atoms with Crippen LogP contribution in [-0.2, 0) is 13.1 Å².